The van der Waals surface area contributed by atoms with E-state index < -0.39 is 11.7 Å². The molecule has 238 valence electrons. The first kappa shape index (κ1) is 31.5. The third-order valence-electron chi connectivity index (χ3n) is 8.22. The van der Waals surface area contributed by atoms with Crippen LogP contribution >= 0.6 is 11.8 Å². The fourth-order valence-corrected chi connectivity index (χ4v) is 7.20. The second-order valence-corrected chi connectivity index (χ2v) is 12.9. The predicted octanol–water partition coefficient (Wildman–Crippen LogP) is 5.81. The highest BCUT2D eigenvalue weighted by atomic mass is 32.2. The highest BCUT2D eigenvalue weighted by molar-refractivity contribution is 8.00. The summed E-state index contributed by atoms with van der Waals surface area (Å²) in [6.45, 7) is 3.98. The van der Waals surface area contributed by atoms with Crippen LogP contribution in [0.3, 0.4) is 0 Å². The van der Waals surface area contributed by atoms with E-state index in [4.69, 9.17) is 14.2 Å². The second kappa shape index (κ2) is 13.5. The molecule has 2 aromatic heterocycles. The number of aliphatic hydroxyl groups is 1. The largest absolute Gasteiger partial charge is 0.497 e. The lowest BCUT2D eigenvalue weighted by Crippen LogP contribution is -2.35. The van der Waals surface area contributed by atoms with E-state index in [0.29, 0.717) is 30.0 Å². The van der Waals surface area contributed by atoms with E-state index in [1.165, 1.54) is 6.33 Å². The summed E-state index contributed by atoms with van der Waals surface area (Å²) in [6.07, 6.45) is 2.89. The van der Waals surface area contributed by atoms with Crippen molar-refractivity contribution < 1.29 is 24.1 Å². The van der Waals surface area contributed by atoms with Gasteiger partial charge in [0, 0.05) is 11.2 Å². The van der Waals surface area contributed by atoms with E-state index in [-0.39, 0.29) is 22.4 Å². The zero-order valence-corrected chi connectivity index (χ0v) is 27.0. The van der Waals surface area contributed by atoms with Crippen LogP contribution < -0.4 is 14.8 Å². The van der Waals surface area contributed by atoms with Gasteiger partial charge >= 0.3 is 0 Å². The lowest BCUT2D eigenvalue weighted by Gasteiger charge is -2.37. The van der Waals surface area contributed by atoms with Crippen molar-refractivity contribution in [2.45, 2.75) is 42.6 Å². The SMILES string of the molecule is COc1ccc(C(OC[C@@H]2C[C@@H](O)[C@H](n3cnc4c(NC(=O)C(C)C)ncnc43)S2)(c2ccccc2)c2ccc(OC)cc2)cc1. The van der Waals surface area contributed by atoms with Crippen LogP contribution in [0.4, 0.5) is 5.82 Å². The number of anilines is 1. The van der Waals surface area contributed by atoms with Crippen molar-refractivity contribution in [2.75, 3.05) is 26.1 Å². The van der Waals surface area contributed by atoms with Gasteiger partial charge in [0.25, 0.3) is 0 Å². The maximum atomic E-state index is 12.4. The Balaban J connectivity index is 1.32. The Morgan fingerprint density at radius 2 is 1.54 bits per heavy atom. The molecule has 6 rings (SSSR count). The number of rotatable bonds is 11. The monoisotopic (exact) mass is 639 g/mol. The Kier molecular flexibility index (Phi) is 9.25. The zero-order valence-electron chi connectivity index (χ0n) is 26.2. The molecule has 0 bridgehead atoms. The highest BCUT2D eigenvalue weighted by Gasteiger charge is 2.42. The maximum absolute atomic E-state index is 12.4. The van der Waals surface area contributed by atoms with E-state index in [1.54, 1.807) is 32.3 Å². The number of amides is 1. The van der Waals surface area contributed by atoms with Crippen LogP contribution in [-0.2, 0) is 15.1 Å². The Hall–Kier alpha value is -4.45. The molecule has 1 aliphatic heterocycles. The Labute approximate surface area is 272 Å². The number of hydrogen-bond donors (Lipinski definition) is 2. The molecule has 1 saturated heterocycles. The molecule has 0 unspecified atom stereocenters. The minimum absolute atomic E-state index is 0.0426. The summed E-state index contributed by atoms with van der Waals surface area (Å²) in [7, 11) is 3.30. The van der Waals surface area contributed by atoms with E-state index in [9.17, 15) is 9.90 Å². The number of imidazole rings is 1. The topological polar surface area (TPSA) is 121 Å². The molecule has 1 amide bonds. The molecule has 3 atom stereocenters. The Bertz CT molecular complexity index is 1730. The van der Waals surface area contributed by atoms with Crippen LogP contribution in [0.25, 0.3) is 11.2 Å². The number of ether oxygens (including phenoxy) is 3. The van der Waals surface area contributed by atoms with Gasteiger partial charge in [-0.25, -0.2) is 15.0 Å². The zero-order chi connectivity index (χ0) is 32.3. The Morgan fingerprint density at radius 3 is 2.13 bits per heavy atom. The molecule has 3 heterocycles. The van der Waals surface area contributed by atoms with E-state index in [2.05, 4.69) is 32.4 Å². The molecule has 0 saturated carbocycles. The normalized spacial score (nSPS) is 18.2. The highest BCUT2D eigenvalue weighted by Crippen LogP contribution is 2.46. The number of methoxy groups -OCH3 is 2. The smallest absolute Gasteiger partial charge is 0.228 e. The molecule has 1 aliphatic rings. The average molecular weight is 640 g/mol. The van der Waals surface area contributed by atoms with Crippen LogP contribution in [0.2, 0.25) is 0 Å². The van der Waals surface area contributed by atoms with E-state index >= 15 is 0 Å². The van der Waals surface area contributed by atoms with Crippen molar-refractivity contribution >= 4 is 34.7 Å². The first-order chi connectivity index (χ1) is 22.3. The molecule has 0 aliphatic carbocycles. The number of thioether (sulfide) groups is 1. The molecule has 0 radical (unpaired) electrons. The number of carbonyl (C=O) groups is 1. The van der Waals surface area contributed by atoms with Crippen LogP contribution in [0.5, 0.6) is 11.5 Å². The van der Waals surface area contributed by atoms with Gasteiger partial charge in [-0.2, -0.15) is 0 Å². The van der Waals surface area contributed by atoms with E-state index in [0.717, 1.165) is 28.2 Å². The van der Waals surface area contributed by atoms with Gasteiger partial charge in [0.05, 0.1) is 33.3 Å². The average Bonchev–Trinajstić information content (AvgIpc) is 3.69. The van der Waals surface area contributed by atoms with Crippen molar-refractivity contribution in [3.8, 4) is 11.5 Å². The standard InChI is InChI=1S/C35H37N5O5S/c1-22(2)33(42)39-31-30-32(37-20-36-31)40(21-38-30)34-29(41)18-28(46-34)19-45-35(23-8-6-5-7-9-23,24-10-14-26(43-3)15-11-24)25-12-16-27(44-4)17-13-25/h5-17,20-22,28-29,34,41H,18-19H2,1-4H3,(H,36,37,39,42)/t28-,29+,34+/m0/s1. The van der Waals surface area contributed by atoms with Gasteiger partial charge in [-0.05, 0) is 47.4 Å². The number of hydrogen-bond acceptors (Lipinski definition) is 9. The van der Waals surface area contributed by atoms with Gasteiger partial charge in [-0.1, -0.05) is 68.4 Å². The number of benzene rings is 3. The van der Waals surface area contributed by atoms with Crippen molar-refractivity contribution in [1.29, 1.82) is 0 Å². The number of nitrogens with zero attached hydrogens (tertiary/aromatic N) is 4. The van der Waals surface area contributed by atoms with Crippen LogP contribution in [0.1, 0.15) is 42.3 Å². The number of aromatic nitrogens is 4. The van der Waals surface area contributed by atoms with Crippen LogP contribution in [-0.4, -0.2) is 62.7 Å². The van der Waals surface area contributed by atoms with Gasteiger partial charge in [0.15, 0.2) is 17.0 Å². The summed E-state index contributed by atoms with van der Waals surface area (Å²) in [4.78, 5) is 25.6. The van der Waals surface area contributed by atoms with E-state index in [1.807, 2.05) is 85.1 Å². The minimum Gasteiger partial charge on any atom is -0.497 e. The van der Waals surface area contributed by atoms with Gasteiger partial charge in [-0.3, -0.25) is 9.36 Å². The Morgan fingerprint density at radius 1 is 0.935 bits per heavy atom. The summed E-state index contributed by atoms with van der Waals surface area (Å²) < 4.78 is 19.9. The van der Waals surface area contributed by atoms with Crippen LogP contribution in [0.15, 0.2) is 91.5 Å². The minimum atomic E-state index is -0.956. The number of aliphatic hydroxyl groups excluding tert-OH is 1. The fraction of sp³-hybridized carbons (Fsp3) is 0.314. The summed E-state index contributed by atoms with van der Waals surface area (Å²) in [5.74, 6) is 1.49. The maximum Gasteiger partial charge on any atom is 0.228 e. The first-order valence-electron chi connectivity index (χ1n) is 15.1. The van der Waals surface area contributed by atoms with Gasteiger partial charge in [0.1, 0.15) is 28.8 Å². The van der Waals surface area contributed by atoms with Crippen molar-refractivity contribution in [2.24, 2.45) is 5.92 Å². The lowest BCUT2D eigenvalue weighted by molar-refractivity contribution is -0.118. The second-order valence-electron chi connectivity index (χ2n) is 11.5. The molecule has 0 spiro atoms. The fourth-order valence-electron chi connectivity index (χ4n) is 5.77. The molecule has 1 fully saturated rings. The number of fused-ring (bicyclic) bond motifs is 1. The predicted molar refractivity (Wildman–Crippen MR) is 178 cm³/mol. The summed E-state index contributed by atoms with van der Waals surface area (Å²) in [5, 5.41) is 13.7. The summed E-state index contributed by atoms with van der Waals surface area (Å²) in [5.41, 5.74) is 2.92. The van der Waals surface area contributed by atoms with Crippen molar-refractivity contribution in [1.82, 2.24) is 19.5 Å². The lowest BCUT2D eigenvalue weighted by atomic mass is 9.80. The third-order valence-corrected chi connectivity index (χ3v) is 9.76. The summed E-state index contributed by atoms with van der Waals surface area (Å²) >= 11 is 1.61. The molecular weight excluding hydrogens is 602 g/mol. The van der Waals surface area contributed by atoms with Gasteiger partial charge in [0.2, 0.25) is 5.91 Å². The summed E-state index contributed by atoms with van der Waals surface area (Å²) in [6, 6.07) is 26.0. The quantitative estimate of drug-likeness (QED) is 0.173. The molecule has 5 aromatic rings. The van der Waals surface area contributed by atoms with Gasteiger partial charge in [-0.15, -0.1) is 11.8 Å². The molecule has 3 aromatic carbocycles. The number of carbonyl (C=O) groups excluding carboxylic acids is 1. The molecule has 11 heteroatoms. The molecular formula is C35H37N5O5S. The number of nitrogens with one attached hydrogen (secondary N) is 1. The van der Waals surface area contributed by atoms with Crippen molar-refractivity contribution in [3.05, 3.63) is 108 Å². The molecule has 2 N–H and O–H groups in total. The van der Waals surface area contributed by atoms with Crippen molar-refractivity contribution in [3.63, 3.8) is 0 Å². The van der Waals surface area contributed by atoms with Crippen LogP contribution in [0, 0.1) is 5.92 Å². The van der Waals surface area contributed by atoms with Gasteiger partial charge < -0.3 is 24.6 Å². The molecule has 10 nitrogen and oxygen atoms in total. The molecule has 46 heavy (non-hydrogen) atoms. The third kappa shape index (κ3) is 6.05. The first-order valence-corrected chi connectivity index (χ1v) is 16.1.